The average molecular weight is 352 g/mol. The molecule has 0 unspecified atom stereocenters. The highest BCUT2D eigenvalue weighted by Crippen LogP contribution is 2.27. The van der Waals surface area contributed by atoms with Gasteiger partial charge >= 0.3 is 0 Å². The molecule has 0 atom stereocenters. The Morgan fingerprint density at radius 1 is 1.24 bits per heavy atom. The number of nitrogens with one attached hydrogen (secondary N) is 1. The normalized spacial score (nSPS) is 16.1. The maximum absolute atomic E-state index is 13.2. The minimum Gasteiger partial charge on any atom is -0.379 e. The monoisotopic (exact) mass is 351 g/mol. The number of aromatic nitrogens is 2. The predicted octanol–water partition coefficient (Wildman–Crippen LogP) is 4.90. The molecule has 0 aliphatic heterocycles. The number of benzene rings is 1. The van der Waals surface area contributed by atoms with Gasteiger partial charge in [-0.25, -0.2) is 4.39 Å². The van der Waals surface area contributed by atoms with Crippen LogP contribution in [0.2, 0.25) is 0 Å². The van der Waals surface area contributed by atoms with Gasteiger partial charge in [-0.1, -0.05) is 19.3 Å². The topological polar surface area (TPSA) is 29.9 Å². The third-order valence-electron chi connectivity index (χ3n) is 4.01. The van der Waals surface area contributed by atoms with E-state index in [0.717, 1.165) is 11.4 Å². The molecule has 112 valence electrons. The van der Waals surface area contributed by atoms with Gasteiger partial charge in [0.25, 0.3) is 0 Å². The molecule has 1 N–H and O–H groups in total. The van der Waals surface area contributed by atoms with Crippen LogP contribution in [0.1, 0.15) is 43.8 Å². The van der Waals surface area contributed by atoms with Crippen molar-refractivity contribution < 1.29 is 4.39 Å². The summed E-state index contributed by atoms with van der Waals surface area (Å²) in [6.45, 7) is 0.651. The molecule has 0 saturated heterocycles. The fraction of sp³-hybridized carbons (Fsp3) is 0.438. The van der Waals surface area contributed by atoms with Crippen LogP contribution in [-0.2, 0) is 6.54 Å². The number of nitrogens with zero attached hydrogens (tertiary/aromatic N) is 2. The van der Waals surface area contributed by atoms with Crippen LogP contribution in [0.15, 0.2) is 34.9 Å². The van der Waals surface area contributed by atoms with Crippen LogP contribution in [0.25, 0.3) is 0 Å². The Morgan fingerprint density at radius 2 is 2.05 bits per heavy atom. The van der Waals surface area contributed by atoms with Crippen LogP contribution in [0, 0.1) is 5.82 Å². The average Bonchev–Trinajstić information content (AvgIpc) is 2.98. The lowest BCUT2D eigenvalue weighted by Gasteiger charge is -2.21. The highest BCUT2D eigenvalue weighted by Gasteiger charge is 2.15. The summed E-state index contributed by atoms with van der Waals surface area (Å²) in [7, 11) is 0. The van der Waals surface area contributed by atoms with Crippen molar-refractivity contribution >= 4 is 21.6 Å². The smallest absolute Gasteiger partial charge is 0.137 e. The molecule has 2 aromatic rings. The molecular weight excluding hydrogens is 333 g/mol. The van der Waals surface area contributed by atoms with Gasteiger partial charge in [0.1, 0.15) is 5.82 Å². The van der Waals surface area contributed by atoms with Crippen molar-refractivity contribution in [2.24, 2.45) is 0 Å². The minimum absolute atomic E-state index is 0.248. The van der Waals surface area contributed by atoms with Gasteiger partial charge in [-0.05, 0) is 53.0 Å². The maximum atomic E-state index is 13.2. The van der Waals surface area contributed by atoms with Gasteiger partial charge < -0.3 is 5.32 Å². The summed E-state index contributed by atoms with van der Waals surface area (Å²) in [5.41, 5.74) is 1.90. The summed E-state index contributed by atoms with van der Waals surface area (Å²) < 4.78 is 15.8. The van der Waals surface area contributed by atoms with Crippen LogP contribution in [0.5, 0.6) is 0 Å². The molecule has 3 rings (SSSR count). The van der Waals surface area contributed by atoms with Gasteiger partial charge in [0, 0.05) is 11.9 Å². The molecule has 0 bridgehead atoms. The Labute approximate surface area is 132 Å². The summed E-state index contributed by atoms with van der Waals surface area (Å²) >= 11 is 3.19. The molecule has 0 amide bonds. The zero-order valence-corrected chi connectivity index (χ0v) is 13.4. The van der Waals surface area contributed by atoms with Crippen molar-refractivity contribution in [1.82, 2.24) is 9.78 Å². The molecule has 21 heavy (non-hydrogen) atoms. The molecule has 1 aromatic carbocycles. The van der Waals surface area contributed by atoms with E-state index in [-0.39, 0.29) is 5.82 Å². The van der Waals surface area contributed by atoms with Crippen molar-refractivity contribution in [2.45, 2.75) is 44.7 Å². The standard InChI is InChI=1S/C16H19BrFN3/c17-15-10-12(6-7-16(15)18)19-11-13-8-9-21(20-13)14-4-2-1-3-5-14/h6-10,14,19H,1-5,11H2. The number of anilines is 1. The Hall–Kier alpha value is -1.36. The van der Waals surface area contributed by atoms with Gasteiger partial charge in [0.15, 0.2) is 0 Å². The fourth-order valence-electron chi connectivity index (χ4n) is 2.82. The molecule has 1 heterocycles. The SMILES string of the molecule is Fc1ccc(NCc2ccn(C3CCCCC3)n2)cc1Br. The van der Waals surface area contributed by atoms with Crippen molar-refractivity contribution in [2.75, 3.05) is 5.32 Å². The highest BCUT2D eigenvalue weighted by atomic mass is 79.9. The Bertz CT molecular complexity index is 605. The van der Waals surface area contributed by atoms with Crippen molar-refractivity contribution in [3.05, 3.63) is 46.4 Å². The second-order valence-electron chi connectivity index (χ2n) is 5.56. The highest BCUT2D eigenvalue weighted by molar-refractivity contribution is 9.10. The number of hydrogen-bond donors (Lipinski definition) is 1. The summed E-state index contributed by atoms with van der Waals surface area (Å²) in [5.74, 6) is -0.248. The second kappa shape index (κ2) is 6.60. The Morgan fingerprint density at radius 3 is 2.81 bits per heavy atom. The van der Waals surface area contributed by atoms with Crippen LogP contribution >= 0.6 is 15.9 Å². The fourth-order valence-corrected chi connectivity index (χ4v) is 3.20. The first-order valence-corrected chi connectivity index (χ1v) is 8.24. The second-order valence-corrected chi connectivity index (χ2v) is 6.42. The first-order chi connectivity index (χ1) is 10.2. The van der Waals surface area contributed by atoms with Crippen LogP contribution < -0.4 is 5.32 Å². The third-order valence-corrected chi connectivity index (χ3v) is 4.61. The summed E-state index contributed by atoms with van der Waals surface area (Å²) in [6.07, 6.45) is 8.52. The van der Waals surface area contributed by atoms with Crippen LogP contribution in [0.3, 0.4) is 0 Å². The third kappa shape index (κ3) is 3.64. The quantitative estimate of drug-likeness (QED) is 0.848. The first-order valence-electron chi connectivity index (χ1n) is 7.45. The van der Waals surface area contributed by atoms with Crippen molar-refractivity contribution in [3.63, 3.8) is 0 Å². The number of rotatable bonds is 4. The van der Waals surface area contributed by atoms with Crippen molar-refractivity contribution in [3.8, 4) is 0 Å². The van der Waals surface area contributed by atoms with Gasteiger partial charge in [0.05, 0.1) is 22.8 Å². The maximum Gasteiger partial charge on any atom is 0.137 e. The molecular formula is C16H19BrFN3. The Balaban J connectivity index is 1.60. The predicted molar refractivity (Wildman–Crippen MR) is 85.8 cm³/mol. The zero-order chi connectivity index (χ0) is 14.7. The number of halogens is 2. The molecule has 5 heteroatoms. The van der Waals surface area contributed by atoms with Crippen molar-refractivity contribution in [1.29, 1.82) is 0 Å². The lowest BCUT2D eigenvalue weighted by molar-refractivity contribution is 0.328. The van der Waals surface area contributed by atoms with E-state index in [9.17, 15) is 4.39 Å². The van der Waals surface area contributed by atoms with Gasteiger partial charge in [-0.3, -0.25) is 4.68 Å². The lowest BCUT2D eigenvalue weighted by atomic mass is 9.96. The molecule has 3 nitrogen and oxygen atoms in total. The summed E-state index contributed by atoms with van der Waals surface area (Å²) in [5, 5.41) is 7.93. The van der Waals surface area contributed by atoms with E-state index in [1.807, 2.05) is 0 Å². The molecule has 1 saturated carbocycles. The summed E-state index contributed by atoms with van der Waals surface area (Å²) in [6, 6.07) is 7.55. The van der Waals surface area contributed by atoms with Crippen LogP contribution in [0.4, 0.5) is 10.1 Å². The zero-order valence-electron chi connectivity index (χ0n) is 11.9. The lowest BCUT2D eigenvalue weighted by Crippen LogP contribution is -2.13. The van der Waals surface area contributed by atoms with Gasteiger partial charge in [0.2, 0.25) is 0 Å². The number of hydrogen-bond acceptors (Lipinski definition) is 2. The van der Waals surface area contributed by atoms with E-state index in [2.05, 4.69) is 43.3 Å². The first kappa shape index (κ1) is 14.6. The molecule has 1 fully saturated rings. The van der Waals surface area contributed by atoms with E-state index >= 15 is 0 Å². The van der Waals surface area contributed by atoms with E-state index in [1.54, 1.807) is 12.1 Å². The van der Waals surface area contributed by atoms with E-state index in [4.69, 9.17) is 0 Å². The van der Waals surface area contributed by atoms with Gasteiger partial charge in [-0.2, -0.15) is 5.10 Å². The minimum atomic E-state index is -0.248. The molecule has 0 radical (unpaired) electrons. The molecule has 1 aliphatic carbocycles. The van der Waals surface area contributed by atoms with E-state index < -0.39 is 0 Å². The largest absolute Gasteiger partial charge is 0.379 e. The molecule has 1 aromatic heterocycles. The Kier molecular flexibility index (Phi) is 4.58. The molecule has 0 spiro atoms. The van der Waals surface area contributed by atoms with Gasteiger partial charge in [-0.15, -0.1) is 0 Å². The summed E-state index contributed by atoms with van der Waals surface area (Å²) in [4.78, 5) is 0. The van der Waals surface area contributed by atoms with Crippen LogP contribution in [-0.4, -0.2) is 9.78 Å². The molecule has 1 aliphatic rings. The van der Waals surface area contributed by atoms with E-state index in [0.29, 0.717) is 17.1 Å². The van der Waals surface area contributed by atoms with E-state index in [1.165, 1.54) is 38.2 Å².